The molecule has 1 saturated carbocycles. The average molecular weight is 475 g/mol. The van der Waals surface area contributed by atoms with E-state index < -0.39 is 28.1 Å². The molecule has 0 bridgehead atoms. The predicted molar refractivity (Wildman–Crippen MR) is 125 cm³/mol. The maximum Gasteiger partial charge on any atom is 0.236 e. The zero-order chi connectivity index (χ0) is 22.9. The van der Waals surface area contributed by atoms with Gasteiger partial charge in [-0.1, -0.05) is 6.07 Å². The van der Waals surface area contributed by atoms with Crippen LogP contribution in [0.2, 0.25) is 0 Å². The molecular weight excluding hydrogens is 451 g/mol. The summed E-state index contributed by atoms with van der Waals surface area (Å²) in [5.74, 6) is -0.387. The van der Waals surface area contributed by atoms with E-state index >= 15 is 0 Å². The molecule has 2 aromatic heterocycles. The van der Waals surface area contributed by atoms with Crippen molar-refractivity contribution in [1.29, 1.82) is 0 Å². The van der Waals surface area contributed by atoms with Crippen LogP contribution in [0.15, 0.2) is 42.0 Å². The van der Waals surface area contributed by atoms with Crippen molar-refractivity contribution in [2.75, 3.05) is 17.1 Å². The Labute approximate surface area is 192 Å². The third-order valence-corrected chi connectivity index (χ3v) is 7.59. The molecular formula is C22H23FN4O3S2. The fraction of sp³-hybridized carbons (Fsp3) is 0.318. The molecule has 2 N–H and O–H groups in total. The Bertz CT molecular complexity index is 1180. The van der Waals surface area contributed by atoms with Crippen LogP contribution in [0.3, 0.4) is 0 Å². The van der Waals surface area contributed by atoms with E-state index in [9.17, 15) is 13.4 Å². The molecule has 1 aliphatic carbocycles. The molecule has 3 aromatic rings. The number of ether oxygens (including phenoxy) is 1. The van der Waals surface area contributed by atoms with Crippen LogP contribution in [0.1, 0.15) is 32.4 Å². The summed E-state index contributed by atoms with van der Waals surface area (Å²) in [6.45, 7) is 3.43. The SMILES string of the molecule is COc1cncc(-c2ccc(NC(=O)C(C)(C)c3csc(NS(=O)C4CC4)n3)c(F)c2)c1. The van der Waals surface area contributed by atoms with Crippen LogP contribution in [0.25, 0.3) is 11.1 Å². The number of carbonyl (C=O) groups excluding carboxylic acids is 1. The third-order valence-electron chi connectivity index (χ3n) is 5.23. The molecule has 0 aliphatic heterocycles. The van der Waals surface area contributed by atoms with Crippen molar-refractivity contribution in [3.05, 3.63) is 53.6 Å². The first-order valence-corrected chi connectivity index (χ1v) is 12.1. The molecule has 32 heavy (non-hydrogen) atoms. The summed E-state index contributed by atoms with van der Waals surface area (Å²) in [6, 6.07) is 6.33. The highest BCUT2D eigenvalue weighted by Crippen LogP contribution is 2.32. The summed E-state index contributed by atoms with van der Waals surface area (Å²) < 4.78 is 34.9. The number of nitrogens with zero attached hydrogens (tertiary/aromatic N) is 2. The molecule has 0 spiro atoms. The van der Waals surface area contributed by atoms with Gasteiger partial charge in [-0.05, 0) is 50.5 Å². The van der Waals surface area contributed by atoms with Gasteiger partial charge in [-0.15, -0.1) is 11.3 Å². The summed E-state index contributed by atoms with van der Waals surface area (Å²) in [4.78, 5) is 21.5. The van der Waals surface area contributed by atoms with Crippen LogP contribution in [-0.4, -0.2) is 32.4 Å². The summed E-state index contributed by atoms with van der Waals surface area (Å²) in [6.07, 6.45) is 5.08. The molecule has 1 aromatic carbocycles. The largest absolute Gasteiger partial charge is 0.495 e. The standard InChI is InChI=1S/C22H23FN4O3S2/c1-22(2,19-12-31-21(26-19)27-32(29)16-5-6-16)20(28)25-18-7-4-13(9-17(18)23)14-8-15(30-3)11-24-10-14/h4,7-12,16H,5-6H2,1-3H3,(H,25,28)(H,26,27). The zero-order valence-corrected chi connectivity index (χ0v) is 19.5. The number of hydrogen-bond donors (Lipinski definition) is 2. The van der Waals surface area contributed by atoms with Gasteiger partial charge in [-0.2, -0.15) is 0 Å². The van der Waals surface area contributed by atoms with Gasteiger partial charge in [-0.3, -0.25) is 14.5 Å². The van der Waals surface area contributed by atoms with Crippen LogP contribution in [-0.2, 0) is 21.2 Å². The van der Waals surface area contributed by atoms with Crippen molar-refractivity contribution in [3.8, 4) is 16.9 Å². The van der Waals surface area contributed by atoms with Crippen LogP contribution >= 0.6 is 11.3 Å². The first kappa shape index (κ1) is 22.3. The van der Waals surface area contributed by atoms with Crippen LogP contribution in [0.4, 0.5) is 15.2 Å². The molecule has 10 heteroatoms. The molecule has 1 aliphatic rings. The number of aromatic nitrogens is 2. The maximum absolute atomic E-state index is 14.8. The summed E-state index contributed by atoms with van der Waals surface area (Å²) in [5, 5.41) is 5.10. The van der Waals surface area contributed by atoms with Gasteiger partial charge in [0.25, 0.3) is 0 Å². The third kappa shape index (κ3) is 4.81. The minimum absolute atomic E-state index is 0.0751. The number of methoxy groups -OCH3 is 1. The summed E-state index contributed by atoms with van der Waals surface area (Å²) >= 11 is 1.29. The van der Waals surface area contributed by atoms with Gasteiger partial charge >= 0.3 is 0 Å². The molecule has 0 saturated heterocycles. The van der Waals surface area contributed by atoms with E-state index in [0.717, 1.165) is 12.8 Å². The number of pyridine rings is 1. The lowest BCUT2D eigenvalue weighted by Gasteiger charge is -2.22. The van der Waals surface area contributed by atoms with E-state index in [4.69, 9.17) is 4.74 Å². The van der Waals surface area contributed by atoms with Crippen molar-refractivity contribution < 1.29 is 18.1 Å². The number of halogens is 1. The van der Waals surface area contributed by atoms with E-state index in [2.05, 4.69) is 20.0 Å². The quantitative estimate of drug-likeness (QED) is 0.501. The number of benzene rings is 1. The molecule has 0 radical (unpaired) electrons. The first-order chi connectivity index (χ1) is 15.3. The van der Waals surface area contributed by atoms with Gasteiger partial charge in [-0.25, -0.2) is 13.6 Å². The molecule has 1 amide bonds. The minimum atomic E-state index is -1.16. The highest BCUT2D eigenvalue weighted by Gasteiger charge is 2.34. The van der Waals surface area contributed by atoms with E-state index in [1.165, 1.54) is 30.6 Å². The summed E-state index contributed by atoms with van der Waals surface area (Å²) in [7, 11) is 0.382. The monoisotopic (exact) mass is 474 g/mol. The molecule has 7 nitrogen and oxygen atoms in total. The Hall–Kier alpha value is -2.85. The van der Waals surface area contributed by atoms with Gasteiger partial charge in [0.15, 0.2) is 5.13 Å². The lowest BCUT2D eigenvalue weighted by Crippen LogP contribution is -2.35. The Kier molecular flexibility index (Phi) is 6.25. The Balaban J connectivity index is 1.47. The van der Waals surface area contributed by atoms with Crippen molar-refractivity contribution in [2.45, 2.75) is 37.4 Å². The Morgan fingerprint density at radius 2 is 2.03 bits per heavy atom. The minimum Gasteiger partial charge on any atom is -0.495 e. The molecule has 1 atom stereocenters. The second-order valence-corrected chi connectivity index (χ2v) is 10.3. The number of thiazole rings is 1. The van der Waals surface area contributed by atoms with E-state index in [1.54, 1.807) is 43.8 Å². The van der Waals surface area contributed by atoms with Gasteiger partial charge < -0.3 is 10.1 Å². The lowest BCUT2D eigenvalue weighted by atomic mass is 9.89. The topological polar surface area (TPSA) is 93.2 Å². The lowest BCUT2D eigenvalue weighted by molar-refractivity contribution is -0.120. The Morgan fingerprint density at radius 3 is 2.72 bits per heavy atom. The second kappa shape index (κ2) is 8.95. The fourth-order valence-corrected chi connectivity index (χ4v) is 5.05. The van der Waals surface area contributed by atoms with Crippen LogP contribution < -0.4 is 14.8 Å². The normalized spacial score (nSPS) is 14.6. The predicted octanol–water partition coefficient (Wildman–Crippen LogP) is 4.51. The van der Waals surface area contributed by atoms with Gasteiger partial charge in [0.1, 0.15) is 22.6 Å². The number of amides is 1. The maximum atomic E-state index is 14.8. The van der Waals surface area contributed by atoms with Gasteiger partial charge in [0.2, 0.25) is 5.91 Å². The van der Waals surface area contributed by atoms with Crippen molar-refractivity contribution in [2.24, 2.45) is 0 Å². The van der Waals surface area contributed by atoms with Crippen LogP contribution in [0.5, 0.6) is 5.75 Å². The molecule has 1 fully saturated rings. The Morgan fingerprint density at radius 1 is 1.25 bits per heavy atom. The number of nitrogens with one attached hydrogen (secondary N) is 2. The first-order valence-electron chi connectivity index (χ1n) is 10.0. The summed E-state index contributed by atoms with van der Waals surface area (Å²) in [5.41, 5.74) is 0.901. The fourth-order valence-electron chi connectivity index (χ4n) is 2.94. The van der Waals surface area contributed by atoms with Crippen molar-refractivity contribution in [3.63, 3.8) is 0 Å². The zero-order valence-electron chi connectivity index (χ0n) is 17.8. The number of hydrogen-bond acceptors (Lipinski definition) is 6. The van der Waals surface area contributed by atoms with E-state index in [0.29, 0.717) is 27.7 Å². The molecule has 168 valence electrons. The highest BCUT2D eigenvalue weighted by molar-refractivity contribution is 7.87. The molecule has 2 heterocycles. The van der Waals surface area contributed by atoms with E-state index in [-0.39, 0.29) is 10.9 Å². The van der Waals surface area contributed by atoms with Gasteiger partial charge in [0.05, 0.1) is 35.4 Å². The molecule has 1 unspecified atom stereocenters. The second-order valence-electron chi connectivity index (χ2n) is 8.02. The molecule has 4 rings (SSSR count). The smallest absolute Gasteiger partial charge is 0.236 e. The van der Waals surface area contributed by atoms with Crippen molar-refractivity contribution >= 4 is 39.0 Å². The van der Waals surface area contributed by atoms with E-state index in [1.807, 2.05) is 0 Å². The number of carbonyl (C=O) groups is 1. The average Bonchev–Trinajstić information content (AvgIpc) is 3.53. The van der Waals surface area contributed by atoms with Gasteiger partial charge in [0, 0.05) is 17.1 Å². The van der Waals surface area contributed by atoms with Crippen LogP contribution in [0, 0.1) is 5.82 Å². The van der Waals surface area contributed by atoms with Crippen molar-refractivity contribution in [1.82, 2.24) is 9.97 Å². The number of rotatable bonds is 8. The highest BCUT2D eigenvalue weighted by atomic mass is 32.2. The number of anilines is 2.